The number of H-pyrrole nitrogens is 1. The van der Waals surface area contributed by atoms with Gasteiger partial charge < -0.3 is 9.80 Å². The van der Waals surface area contributed by atoms with E-state index in [-0.39, 0.29) is 5.91 Å². The van der Waals surface area contributed by atoms with E-state index in [4.69, 9.17) is 11.6 Å². The van der Waals surface area contributed by atoms with Gasteiger partial charge in [-0.3, -0.25) is 14.8 Å². The van der Waals surface area contributed by atoms with E-state index in [1.54, 1.807) is 0 Å². The predicted octanol–water partition coefficient (Wildman–Crippen LogP) is 2.86. The van der Waals surface area contributed by atoms with Gasteiger partial charge in [0.05, 0.1) is 11.9 Å². The Morgan fingerprint density at radius 1 is 0.964 bits per heavy atom. The van der Waals surface area contributed by atoms with Crippen LogP contribution in [0.2, 0.25) is 5.02 Å². The summed E-state index contributed by atoms with van der Waals surface area (Å²) in [4.78, 5) is 19.4. The highest BCUT2D eigenvalue weighted by atomic mass is 35.5. The molecule has 2 aliphatic heterocycles. The van der Waals surface area contributed by atoms with Gasteiger partial charge in [0.25, 0.3) is 0 Å². The molecule has 2 saturated heterocycles. The van der Waals surface area contributed by atoms with E-state index in [9.17, 15) is 4.79 Å². The number of nitrogens with zero attached hydrogens (tertiary/aromatic N) is 4. The van der Waals surface area contributed by atoms with Crippen LogP contribution in [-0.4, -0.2) is 76.6 Å². The van der Waals surface area contributed by atoms with Gasteiger partial charge >= 0.3 is 0 Å². The van der Waals surface area contributed by atoms with Crippen molar-refractivity contribution in [3.8, 4) is 11.3 Å². The van der Waals surface area contributed by atoms with Crippen LogP contribution in [0, 0.1) is 0 Å². The molecule has 2 fully saturated rings. The molecule has 1 aromatic carbocycles. The third-order valence-electron chi connectivity index (χ3n) is 5.81. The minimum Gasteiger partial charge on any atom is -0.340 e. The third kappa shape index (κ3) is 4.74. The minimum atomic E-state index is 0.284. The second kappa shape index (κ2) is 9.07. The topological polar surface area (TPSA) is 55.5 Å². The number of aromatic nitrogens is 2. The quantitative estimate of drug-likeness (QED) is 0.808. The van der Waals surface area contributed by atoms with E-state index in [1.807, 2.05) is 35.4 Å². The smallest absolute Gasteiger partial charge is 0.223 e. The molecule has 6 nitrogen and oxygen atoms in total. The van der Waals surface area contributed by atoms with Crippen LogP contribution >= 0.6 is 11.6 Å². The van der Waals surface area contributed by atoms with Crippen molar-refractivity contribution in [3.05, 3.63) is 41.0 Å². The normalized spacial score (nSPS) is 19.3. The third-order valence-corrected chi connectivity index (χ3v) is 6.06. The second-order valence-electron chi connectivity index (χ2n) is 7.73. The molecule has 1 aromatic heterocycles. The molecule has 0 spiro atoms. The summed E-state index contributed by atoms with van der Waals surface area (Å²) >= 11 is 6.01. The molecule has 1 N–H and O–H groups in total. The summed E-state index contributed by atoms with van der Waals surface area (Å²) in [6.45, 7) is 7.52. The average molecular weight is 402 g/mol. The lowest BCUT2D eigenvalue weighted by Gasteiger charge is -2.24. The number of rotatable bonds is 6. The number of amides is 1. The second-order valence-corrected chi connectivity index (χ2v) is 8.17. The zero-order chi connectivity index (χ0) is 19.3. The molecule has 0 bridgehead atoms. The standard InChI is InChI=1S/C21H28ClN5O/c22-19-5-3-17(4-6-19)21-18(15-23-24-21)16-26-10-7-20(28)27(14-12-26)13-11-25-8-1-2-9-25/h3-6,15H,1-2,7-14,16H2,(H,23,24). The molecular weight excluding hydrogens is 374 g/mol. The highest BCUT2D eigenvalue weighted by Gasteiger charge is 2.23. The maximum absolute atomic E-state index is 12.5. The van der Waals surface area contributed by atoms with E-state index in [0.717, 1.165) is 61.1 Å². The van der Waals surface area contributed by atoms with E-state index in [1.165, 1.54) is 25.9 Å². The summed E-state index contributed by atoms with van der Waals surface area (Å²) in [6, 6.07) is 7.80. The van der Waals surface area contributed by atoms with E-state index in [2.05, 4.69) is 20.0 Å². The van der Waals surface area contributed by atoms with Crippen molar-refractivity contribution in [2.75, 3.05) is 45.8 Å². The maximum Gasteiger partial charge on any atom is 0.223 e. The summed E-state index contributed by atoms with van der Waals surface area (Å²) in [6.07, 6.45) is 5.07. The Balaban J connectivity index is 1.35. The van der Waals surface area contributed by atoms with Crippen LogP contribution in [-0.2, 0) is 11.3 Å². The zero-order valence-corrected chi connectivity index (χ0v) is 17.0. The van der Waals surface area contributed by atoms with Crippen LogP contribution in [0.3, 0.4) is 0 Å². The van der Waals surface area contributed by atoms with Crippen LogP contribution in [0.4, 0.5) is 0 Å². The molecule has 1 amide bonds. The molecular formula is C21H28ClN5O. The first-order chi connectivity index (χ1) is 13.7. The number of likely N-dealkylation sites (tertiary alicyclic amines) is 1. The van der Waals surface area contributed by atoms with Crippen LogP contribution < -0.4 is 0 Å². The molecule has 0 radical (unpaired) electrons. The van der Waals surface area contributed by atoms with Gasteiger partial charge in [0.1, 0.15) is 0 Å². The number of hydrogen-bond acceptors (Lipinski definition) is 4. The van der Waals surface area contributed by atoms with Crippen LogP contribution in [0.15, 0.2) is 30.5 Å². The van der Waals surface area contributed by atoms with Crippen LogP contribution in [0.25, 0.3) is 11.3 Å². The Morgan fingerprint density at radius 2 is 1.75 bits per heavy atom. The Hall–Kier alpha value is -1.89. The van der Waals surface area contributed by atoms with E-state index in [0.29, 0.717) is 6.42 Å². The van der Waals surface area contributed by atoms with Gasteiger partial charge in [-0.2, -0.15) is 5.10 Å². The van der Waals surface area contributed by atoms with Crippen molar-refractivity contribution in [1.82, 2.24) is 24.9 Å². The molecule has 0 aliphatic carbocycles. The number of nitrogens with one attached hydrogen (secondary N) is 1. The molecule has 150 valence electrons. The first kappa shape index (κ1) is 19.4. The highest BCUT2D eigenvalue weighted by molar-refractivity contribution is 6.30. The van der Waals surface area contributed by atoms with E-state index >= 15 is 0 Å². The van der Waals surface area contributed by atoms with Crippen molar-refractivity contribution < 1.29 is 4.79 Å². The maximum atomic E-state index is 12.5. The monoisotopic (exact) mass is 401 g/mol. The van der Waals surface area contributed by atoms with Crippen molar-refractivity contribution >= 4 is 17.5 Å². The van der Waals surface area contributed by atoms with Gasteiger partial charge in [-0.1, -0.05) is 23.7 Å². The van der Waals surface area contributed by atoms with Gasteiger partial charge in [-0.15, -0.1) is 0 Å². The van der Waals surface area contributed by atoms with Crippen molar-refractivity contribution in [1.29, 1.82) is 0 Å². The number of hydrogen-bond donors (Lipinski definition) is 1. The highest BCUT2D eigenvalue weighted by Crippen LogP contribution is 2.24. The molecule has 0 atom stereocenters. The van der Waals surface area contributed by atoms with Gasteiger partial charge in [-0.05, 0) is 43.6 Å². The summed E-state index contributed by atoms with van der Waals surface area (Å²) < 4.78 is 0. The number of carbonyl (C=O) groups is 1. The first-order valence-electron chi connectivity index (χ1n) is 10.2. The number of benzene rings is 1. The lowest BCUT2D eigenvalue weighted by molar-refractivity contribution is -0.130. The zero-order valence-electron chi connectivity index (χ0n) is 16.2. The largest absolute Gasteiger partial charge is 0.340 e. The molecule has 0 unspecified atom stereocenters. The fourth-order valence-electron chi connectivity index (χ4n) is 4.11. The Labute approximate surface area is 171 Å². The predicted molar refractivity (Wildman–Crippen MR) is 111 cm³/mol. The average Bonchev–Trinajstić information content (AvgIpc) is 3.35. The van der Waals surface area contributed by atoms with Crippen molar-refractivity contribution in [3.63, 3.8) is 0 Å². The van der Waals surface area contributed by atoms with Crippen molar-refractivity contribution in [2.45, 2.75) is 25.8 Å². The van der Waals surface area contributed by atoms with Crippen molar-refractivity contribution in [2.24, 2.45) is 0 Å². The fourth-order valence-corrected chi connectivity index (χ4v) is 4.24. The van der Waals surface area contributed by atoms with Gasteiger partial charge in [-0.25, -0.2) is 0 Å². The molecule has 0 saturated carbocycles. The SMILES string of the molecule is O=C1CCN(Cc2cn[nH]c2-c2ccc(Cl)cc2)CCN1CCN1CCCC1. The number of aromatic amines is 1. The van der Waals surface area contributed by atoms with Gasteiger partial charge in [0.2, 0.25) is 5.91 Å². The summed E-state index contributed by atoms with van der Waals surface area (Å²) in [7, 11) is 0. The summed E-state index contributed by atoms with van der Waals surface area (Å²) in [5.74, 6) is 0.284. The molecule has 7 heteroatoms. The fraction of sp³-hybridized carbons (Fsp3) is 0.524. The van der Waals surface area contributed by atoms with Gasteiger partial charge in [0, 0.05) is 56.3 Å². The summed E-state index contributed by atoms with van der Waals surface area (Å²) in [5, 5.41) is 8.09. The van der Waals surface area contributed by atoms with Gasteiger partial charge in [0.15, 0.2) is 0 Å². The van der Waals surface area contributed by atoms with Crippen LogP contribution in [0.5, 0.6) is 0 Å². The van der Waals surface area contributed by atoms with Crippen LogP contribution in [0.1, 0.15) is 24.8 Å². The number of halogens is 1. The molecule has 2 aliphatic rings. The first-order valence-corrected chi connectivity index (χ1v) is 10.6. The lowest BCUT2D eigenvalue weighted by atomic mass is 10.1. The lowest BCUT2D eigenvalue weighted by Crippen LogP contribution is -2.39. The summed E-state index contributed by atoms with van der Waals surface area (Å²) in [5.41, 5.74) is 3.26. The molecule has 3 heterocycles. The Bertz CT molecular complexity index is 784. The Kier molecular flexibility index (Phi) is 6.29. The number of carbonyl (C=O) groups excluding carboxylic acids is 1. The molecule has 28 heavy (non-hydrogen) atoms. The minimum absolute atomic E-state index is 0.284. The molecule has 2 aromatic rings. The molecule has 4 rings (SSSR count). The Morgan fingerprint density at radius 3 is 2.54 bits per heavy atom. The van der Waals surface area contributed by atoms with E-state index < -0.39 is 0 Å².